The quantitative estimate of drug-likeness (QED) is 0.776. The monoisotopic (exact) mass is 207 g/mol. The minimum absolute atomic E-state index is 0.0156. The van der Waals surface area contributed by atoms with Crippen LogP contribution in [0.3, 0.4) is 0 Å². The van der Waals surface area contributed by atoms with Crippen LogP contribution in [0.4, 0.5) is 0 Å². The molecule has 0 radical (unpaired) electrons. The molecule has 0 amide bonds. The number of hydrogen-bond acceptors (Lipinski definition) is 2. The summed E-state index contributed by atoms with van der Waals surface area (Å²) < 4.78 is 0. The molecule has 0 saturated carbocycles. The van der Waals surface area contributed by atoms with Crippen molar-refractivity contribution in [3.63, 3.8) is 0 Å². The van der Waals surface area contributed by atoms with Crippen LogP contribution in [0.5, 0.6) is 0 Å². The summed E-state index contributed by atoms with van der Waals surface area (Å²) in [7, 11) is 0. The van der Waals surface area contributed by atoms with E-state index < -0.39 is 0 Å². The smallest absolute Gasteiger partial charge is 0.0512 e. The lowest BCUT2D eigenvalue weighted by Gasteiger charge is -2.29. The van der Waals surface area contributed by atoms with Gasteiger partial charge in [-0.25, -0.2) is 0 Å². The highest BCUT2D eigenvalue weighted by Gasteiger charge is 2.24. The molecule has 1 aromatic rings. The molecule has 1 aromatic carbocycles. The first-order valence-corrected chi connectivity index (χ1v) is 5.52. The van der Waals surface area contributed by atoms with Gasteiger partial charge < -0.3 is 10.8 Å². The van der Waals surface area contributed by atoms with Crippen LogP contribution < -0.4 is 5.73 Å². The van der Waals surface area contributed by atoms with Gasteiger partial charge in [-0.2, -0.15) is 0 Å². The van der Waals surface area contributed by atoms with Gasteiger partial charge in [-0.3, -0.25) is 0 Å². The summed E-state index contributed by atoms with van der Waals surface area (Å²) in [5, 5.41) is 9.32. The van der Waals surface area contributed by atoms with Gasteiger partial charge in [0.25, 0.3) is 0 Å². The lowest BCUT2D eigenvalue weighted by molar-refractivity contribution is 0.170. The zero-order chi connectivity index (χ0) is 11.3. The minimum Gasteiger partial charge on any atom is -0.393 e. The SMILES string of the molecule is CC(O)CCC(C)(CN)c1ccccc1. The summed E-state index contributed by atoms with van der Waals surface area (Å²) in [6.07, 6.45) is 1.47. The molecular weight excluding hydrogens is 186 g/mol. The lowest BCUT2D eigenvalue weighted by Crippen LogP contribution is -2.32. The summed E-state index contributed by atoms with van der Waals surface area (Å²) in [5.74, 6) is 0. The van der Waals surface area contributed by atoms with E-state index in [2.05, 4.69) is 19.1 Å². The van der Waals surface area contributed by atoms with E-state index in [1.165, 1.54) is 5.56 Å². The van der Waals surface area contributed by atoms with Gasteiger partial charge in [-0.05, 0) is 25.3 Å². The van der Waals surface area contributed by atoms with E-state index in [1.807, 2.05) is 25.1 Å². The number of aliphatic hydroxyl groups excluding tert-OH is 1. The summed E-state index contributed by atoms with van der Waals surface area (Å²) in [6, 6.07) is 10.3. The highest BCUT2D eigenvalue weighted by atomic mass is 16.3. The van der Waals surface area contributed by atoms with E-state index in [0.717, 1.165) is 12.8 Å². The normalized spacial score (nSPS) is 17.1. The molecule has 0 aliphatic heterocycles. The van der Waals surface area contributed by atoms with Crippen LogP contribution in [-0.2, 0) is 5.41 Å². The van der Waals surface area contributed by atoms with E-state index >= 15 is 0 Å². The van der Waals surface area contributed by atoms with Gasteiger partial charge in [0.15, 0.2) is 0 Å². The van der Waals surface area contributed by atoms with E-state index in [4.69, 9.17) is 5.73 Å². The lowest BCUT2D eigenvalue weighted by atomic mass is 9.78. The van der Waals surface area contributed by atoms with Gasteiger partial charge in [0.1, 0.15) is 0 Å². The topological polar surface area (TPSA) is 46.2 Å². The molecular formula is C13H21NO. The molecule has 3 N–H and O–H groups in total. The van der Waals surface area contributed by atoms with E-state index in [0.29, 0.717) is 6.54 Å². The van der Waals surface area contributed by atoms with Crippen molar-refractivity contribution < 1.29 is 5.11 Å². The molecule has 0 aliphatic carbocycles. The first-order valence-electron chi connectivity index (χ1n) is 5.52. The molecule has 0 fully saturated rings. The number of aliphatic hydroxyl groups is 1. The average molecular weight is 207 g/mol. The Kier molecular flexibility index (Phi) is 4.30. The predicted octanol–water partition coefficient (Wildman–Crippen LogP) is 2.06. The molecule has 15 heavy (non-hydrogen) atoms. The van der Waals surface area contributed by atoms with Crippen LogP contribution in [0.1, 0.15) is 32.3 Å². The van der Waals surface area contributed by atoms with E-state index in [-0.39, 0.29) is 11.5 Å². The zero-order valence-corrected chi connectivity index (χ0v) is 9.61. The first kappa shape index (κ1) is 12.2. The fraction of sp³-hybridized carbons (Fsp3) is 0.538. The van der Waals surface area contributed by atoms with Crippen molar-refractivity contribution >= 4 is 0 Å². The third-order valence-electron chi connectivity index (χ3n) is 3.04. The van der Waals surface area contributed by atoms with Crippen molar-refractivity contribution in [2.75, 3.05) is 6.54 Å². The Morgan fingerprint density at radius 1 is 1.33 bits per heavy atom. The molecule has 2 unspecified atom stereocenters. The maximum Gasteiger partial charge on any atom is 0.0512 e. The average Bonchev–Trinajstić information content (AvgIpc) is 2.27. The van der Waals surface area contributed by atoms with Gasteiger partial charge >= 0.3 is 0 Å². The predicted molar refractivity (Wildman–Crippen MR) is 63.8 cm³/mol. The van der Waals surface area contributed by atoms with Crippen LogP contribution >= 0.6 is 0 Å². The van der Waals surface area contributed by atoms with Crippen molar-refractivity contribution in [3.05, 3.63) is 35.9 Å². The number of nitrogens with two attached hydrogens (primary N) is 1. The van der Waals surface area contributed by atoms with E-state index in [1.54, 1.807) is 0 Å². The van der Waals surface area contributed by atoms with Crippen molar-refractivity contribution in [3.8, 4) is 0 Å². The number of rotatable bonds is 5. The Bertz CT molecular complexity index is 284. The second-order valence-corrected chi connectivity index (χ2v) is 4.52. The first-order chi connectivity index (χ1) is 7.08. The molecule has 0 spiro atoms. The Morgan fingerprint density at radius 2 is 1.93 bits per heavy atom. The molecule has 0 heterocycles. The molecule has 0 aliphatic rings. The molecule has 0 saturated heterocycles. The maximum absolute atomic E-state index is 9.32. The van der Waals surface area contributed by atoms with Crippen molar-refractivity contribution in [2.24, 2.45) is 5.73 Å². The fourth-order valence-corrected chi connectivity index (χ4v) is 1.73. The highest BCUT2D eigenvalue weighted by Crippen LogP contribution is 2.28. The fourth-order valence-electron chi connectivity index (χ4n) is 1.73. The van der Waals surface area contributed by atoms with Crippen LogP contribution in [0.15, 0.2) is 30.3 Å². The Hall–Kier alpha value is -0.860. The Balaban J connectivity index is 2.76. The van der Waals surface area contributed by atoms with Crippen LogP contribution in [-0.4, -0.2) is 17.8 Å². The second kappa shape index (κ2) is 5.29. The third kappa shape index (κ3) is 3.33. The highest BCUT2D eigenvalue weighted by molar-refractivity contribution is 5.24. The van der Waals surface area contributed by atoms with Crippen molar-refractivity contribution in [1.29, 1.82) is 0 Å². The molecule has 0 aromatic heterocycles. The van der Waals surface area contributed by atoms with Gasteiger partial charge in [-0.1, -0.05) is 37.3 Å². The second-order valence-electron chi connectivity index (χ2n) is 4.52. The van der Waals surface area contributed by atoms with Crippen molar-refractivity contribution in [2.45, 2.75) is 38.2 Å². The van der Waals surface area contributed by atoms with Gasteiger partial charge in [0, 0.05) is 12.0 Å². The molecule has 2 nitrogen and oxygen atoms in total. The standard InChI is InChI=1S/C13H21NO/c1-11(15)8-9-13(2,10-14)12-6-4-3-5-7-12/h3-7,11,15H,8-10,14H2,1-2H3. The van der Waals surface area contributed by atoms with Crippen LogP contribution in [0.25, 0.3) is 0 Å². The van der Waals surface area contributed by atoms with Gasteiger partial charge in [0.2, 0.25) is 0 Å². The molecule has 1 rings (SSSR count). The van der Waals surface area contributed by atoms with Crippen LogP contribution in [0.2, 0.25) is 0 Å². The van der Waals surface area contributed by atoms with Crippen molar-refractivity contribution in [1.82, 2.24) is 0 Å². The maximum atomic E-state index is 9.32. The Labute approximate surface area is 92.1 Å². The summed E-state index contributed by atoms with van der Waals surface area (Å²) >= 11 is 0. The zero-order valence-electron chi connectivity index (χ0n) is 9.61. The number of hydrogen-bond donors (Lipinski definition) is 2. The Morgan fingerprint density at radius 3 is 2.40 bits per heavy atom. The van der Waals surface area contributed by atoms with Crippen LogP contribution in [0, 0.1) is 0 Å². The molecule has 84 valence electrons. The number of benzene rings is 1. The summed E-state index contributed by atoms with van der Waals surface area (Å²) in [5.41, 5.74) is 7.09. The van der Waals surface area contributed by atoms with E-state index in [9.17, 15) is 5.11 Å². The molecule has 0 bridgehead atoms. The summed E-state index contributed by atoms with van der Waals surface area (Å²) in [4.78, 5) is 0. The minimum atomic E-state index is -0.250. The third-order valence-corrected chi connectivity index (χ3v) is 3.04. The molecule has 2 heteroatoms. The molecule has 2 atom stereocenters. The van der Waals surface area contributed by atoms with Gasteiger partial charge in [-0.15, -0.1) is 0 Å². The largest absolute Gasteiger partial charge is 0.393 e. The summed E-state index contributed by atoms with van der Waals surface area (Å²) in [6.45, 7) is 4.59. The van der Waals surface area contributed by atoms with Gasteiger partial charge in [0.05, 0.1) is 6.10 Å².